The van der Waals surface area contributed by atoms with Crippen molar-refractivity contribution in [1.82, 2.24) is 0 Å². The first kappa shape index (κ1) is 17.3. The van der Waals surface area contributed by atoms with Crippen molar-refractivity contribution < 1.29 is 19.4 Å². The van der Waals surface area contributed by atoms with Crippen molar-refractivity contribution in [3.63, 3.8) is 0 Å². The highest BCUT2D eigenvalue weighted by molar-refractivity contribution is 5.94. The van der Waals surface area contributed by atoms with Gasteiger partial charge in [0.05, 0.1) is 12.0 Å². The number of hydrogen-bond donors (Lipinski definition) is 1. The number of carboxylic acid groups (broad SMARTS) is 1. The monoisotopic (exact) mass is 319 g/mol. The minimum absolute atomic E-state index is 0.00604. The van der Waals surface area contributed by atoms with Crippen LogP contribution in [0, 0.1) is 11.8 Å². The van der Waals surface area contributed by atoms with Crippen LogP contribution in [0.2, 0.25) is 0 Å². The fourth-order valence-electron chi connectivity index (χ4n) is 3.06. The summed E-state index contributed by atoms with van der Waals surface area (Å²) in [5.41, 5.74) is 0.795. The summed E-state index contributed by atoms with van der Waals surface area (Å²) in [5, 5.41) is 9.16. The van der Waals surface area contributed by atoms with Crippen molar-refractivity contribution >= 4 is 17.6 Å². The van der Waals surface area contributed by atoms with Crippen LogP contribution in [0.3, 0.4) is 0 Å². The fourth-order valence-corrected chi connectivity index (χ4v) is 3.06. The first-order valence-corrected chi connectivity index (χ1v) is 8.15. The van der Waals surface area contributed by atoms with E-state index in [0.29, 0.717) is 12.8 Å². The Morgan fingerprint density at radius 3 is 2.35 bits per heavy atom. The Morgan fingerprint density at radius 1 is 1.17 bits per heavy atom. The fraction of sp³-hybridized carbons (Fsp3) is 0.556. The van der Waals surface area contributed by atoms with Crippen LogP contribution in [0.5, 0.6) is 5.75 Å². The molecule has 23 heavy (non-hydrogen) atoms. The lowest BCUT2D eigenvalue weighted by Gasteiger charge is -2.29. The van der Waals surface area contributed by atoms with Crippen LogP contribution < -0.4 is 9.64 Å². The van der Waals surface area contributed by atoms with Gasteiger partial charge >= 0.3 is 5.97 Å². The van der Waals surface area contributed by atoms with E-state index in [1.807, 2.05) is 38.1 Å². The van der Waals surface area contributed by atoms with Crippen molar-refractivity contribution in [3.8, 4) is 5.75 Å². The lowest BCUT2D eigenvalue weighted by molar-refractivity contribution is -0.143. The first-order chi connectivity index (χ1) is 10.9. The summed E-state index contributed by atoms with van der Waals surface area (Å²) in [6.07, 6.45) is 2.77. The van der Waals surface area contributed by atoms with E-state index in [2.05, 4.69) is 0 Å². The smallest absolute Gasteiger partial charge is 0.306 e. The third-order valence-electron chi connectivity index (χ3n) is 4.30. The van der Waals surface area contributed by atoms with E-state index in [9.17, 15) is 9.59 Å². The van der Waals surface area contributed by atoms with Gasteiger partial charge in [0, 0.05) is 18.7 Å². The molecule has 1 saturated carbocycles. The highest BCUT2D eigenvalue weighted by atomic mass is 16.5. The summed E-state index contributed by atoms with van der Waals surface area (Å²) in [5.74, 6) is -0.628. The molecule has 1 N–H and O–H groups in total. The summed E-state index contributed by atoms with van der Waals surface area (Å²) < 4.78 is 5.60. The number of hydrogen-bond acceptors (Lipinski definition) is 3. The average molecular weight is 319 g/mol. The number of nitrogens with zero attached hydrogens (tertiary/aromatic N) is 1. The molecule has 1 aromatic carbocycles. The number of carbonyl (C=O) groups excluding carboxylic acids is 1. The predicted molar refractivity (Wildman–Crippen MR) is 88.7 cm³/mol. The summed E-state index contributed by atoms with van der Waals surface area (Å²) in [6.45, 7) is 3.93. The van der Waals surface area contributed by atoms with Crippen LogP contribution in [-0.2, 0) is 9.59 Å². The molecule has 1 aliphatic carbocycles. The molecule has 0 radical (unpaired) electrons. The van der Waals surface area contributed by atoms with E-state index in [1.165, 1.54) is 0 Å². The summed E-state index contributed by atoms with van der Waals surface area (Å²) in [4.78, 5) is 25.4. The molecule has 2 unspecified atom stereocenters. The van der Waals surface area contributed by atoms with Crippen LogP contribution in [0.25, 0.3) is 0 Å². The number of anilines is 1. The highest BCUT2D eigenvalue weighted by Crippen LogP contribution is 2.31. The number of ether oxygens (including phenoxy) is 1. The van der Waals surface area contributed by atoms with E-state index < -0.39 is 11.9 Å². The SMILES string of the molecule is CC(C)Oc1ccc(N(C)C(=O)C2CCCC(C(=O)O)C2)cc1. The summed E-state index contributed by atoms with van der Waals surface area (Å²) >= 11 is 0. The van der Waals surface area contributed by atoms with E-state index in [0.717, 1.165) is 24.3 Å². The quantitative estimate of drug-likeness (QED) is 0.904. The molecule has 1 amide bonds. The van der Waals surface area contributed by atoms with Crippen LogP contribution >= 0.6 is 0 Å². The predicted octanol–water partition coefficient (Wildman–Crippen LogP) is 3.33. The number of carboxylic acids is 1. The Hall–Kier alpha value is -2.04. The zero-order valence-corrected chi connectivity index (χ0v) is 14.0. The van der Waals surface area contributed by atoms with Gasteiger partial charge in [-0.15, -0.1) is 0 Å². The van der Waals surface area contributed by atoms with Gasteiger partial charge < -0.3 is 14.7 Å². The van der Waals surface area contributed by atoms with Crippen molar-refractivity contribution in [1.29, 1.82) is 0 Å². The second-order valence-electron chi connectivity index (χ2n) is 6.46. The third kappa shape index (κ3) is 4.47. The molecule has 0 spiro atoms. The molecule has 0 heterocycles. The van der Waals surface area contributed by atoms with E-state index >= 15 is 0 Å². The van der Waals surface area contributed by atoms with Gasteiger partial charge in [-0.25, -0.2) is 0 Å². The molecule has 126 valence electrons. The first-order valence-electron chi connectivity index (χ1n) is 8.15. The molecule has 5 nitrogen and oxygen atoms in total. The summed E-state index contributed by atoms with van der Waals surface area (Å²) in [6, 6.07) is 7.40. The van der Waals surface area contributed by atoms with E-state index in [1.54, 1.807) is 11.9 Å². The van der Waals surface area contributed by atoms with E-state index in [4.69, 9.17) is 9.84 Å². The van der Waals surface area contributed by atoms with Gasteiger partial charge in [0.2, 0.25) is 5.91 Å². The van der Waals surface area contributed by atoms with Crippen LogP contribution in [0.15, 0.2) is 24.3 Å². The Labute approximate surface area is 137 Å². The Morgan fingerprint density at radius 2 is 1.78 bits per heavy atom. The Kier molecular flexibility index (Phi) is 5.64. The molecule has 0 saturated heterocycles. The second-order valence-corrected chi connectivity index (χ2v) is 6.46. The number of aliphatic carboxylic acids is 1. The molecular weight excluding hydrogens is 294 g/mol. The second kappa shape index (κ2) is 7.49. The van der Waals surface area contributed by atoms with Crippen LogP contribution in [0.4, 0.5) is 5.69 Å². The molecule has 2 atom stereocenters. The third-order valence-corrected chi connectivity index (χ3v) is 4.30. The lowest BCUT2D eigenvalue weighted by Crippen LogP contribution is -2.36. The van der Waals surface area contributed by atoms with Gasteiger partial charge in [0.15, 0.2) is 0 Å². The minimum Gasteiger partial charge on any atom is -0.491 e. The zero-order chi connectivity index (χ0) is 17.0. The van der Waals surface area contributed by atoms with Gasteiger partial charge in [-0.1, -0.05) is 6.42 Å². The van der Waals surface area contributed by atoms with Crippen LogP contribution in [0.1, 0.15) is 39.5 Å². The molecule has 1 aromatic rings. The maximum absolute atomic E-state index is 12.6. The molecule has 0 bridgehead atoms. The maximum Gasteiger partial charge on any atom is 0.306 e. The largest absolute Gasteiger partial charge is 0.491 e. The average Bonchev–Trinajstić information content (AvgIpc) is 2.53. The van der Waals surface area contributed by atoms with Crippen molar-refractivity contribution in [2.24, 2.45) is 11.8 Å². The maximum atomic E-state index is 12.6. The molecule has 5 heteroatoms. The Balaban J connectivity index is 2.02. The lowest BCUT2D eigenvalue weighted by atomic mass is 9.81. The van der Waals surface area contributed by atoms with Gasteiger partial charge in [0.25, 0.3) is 0 Å². The van der Waals surface area contributed by atoms with Gasteiger partial charge in [0.1, 0.15) is 5.75 Å². The molecule has 2 rings (SSSR count). The molecule has 1 fully saturated rings. The van der Waals surface area contributed by atoms with Crippen LogP contribution in [-0.4, -0.2) is 30.1 Å². The number of carbonyl (C=O) groups is 2. The van der Waals surface area contributed by atoms with Gasteiger partial charge in [-0.2, -0.15) is 0 Å². The molecule has 0 aromatic heterocycles. The molecule has 0 aliphatic heterocycles. The van der Waals surface area contributed by atoms with Crippen molar-refractivity contribution in [2.45, 2.75) is 45.6 Å². The standard InChI is InChI=1S/C18H25NO4/c1-12(2)23-16-9-7-15(8-10-16)19(3)17(20)13-5-4-6-14(11-13)18(21)22/h7-10,12-14H,4-6,11H2,1-3H3,(H,21,22). The molecular formula is C18H25NO4. The summed E-state index contributed by atoms with van der Waals surface area (Å²) in [7, 11) is 1.74. The number of rotatable bonds is 5. The highest BCUT2D eigenvalue weighted by Gasteiger charge is 2.32. The van der Waals surface area contributed by atoms with Crippen molar-refractivity contribution in [3.05, 3.63) is 24.3 Å². The zero-order valence-electron chi connectivity index (χ0n) is 14.0. The minimum atomic E-state index is -0.791. The normalized spacial score (nSPS) is 21.0. The number of amides is 1. The Bertz CT molecular complexity index is 553. The number of benzene rings is 1. The van der Waals surface area contributed by atoms with Gasteiger partial charge in [-0.3, -0.25) is 9.59 Å². The van der Waals surface area contributed by atoms with Gasteiger partial charge in [-0.05, 0) is 57.4 Å². The van der Waals surface area contributed by atoms with Crippen molar-refractivity contribution in [2.75, 3.05) is 11.9 Å². The molecule has 1 aliphatic rings. The topological polar surface area (TPSA) is 66.8 Å². The van der Waals surface area contributed by atoms with E-state index in [-0.39, 0.29) is 17.9 Å².